The minimum Gasteiger partial charge on any atom is -0.447 e. The molecule has 0 fully saturated rings. The molecule has 0 aliphatic heterocycles. The lowest BCUT2D eigenvalue weighted by Crippen LogP contribution is -2.29. The van der Waals surface area contributed by atoms with Gasteiger partial charge in [0, 0.05) is 19.2 Å². The van der Waals surface area contributed by atoms with Crippen LogP contribution in [0.25, 0.3) is 0 Å². The van der Waals surface area contributed by atoms with Gasteiger partial charge in [0.05, 0.1) is 11.5 Å². The molecule has 2 rings (SSSR count). The van der Waals surface area contributed by atoms with Crippen LogP contribution >= 0.6 is 0 Å². The lowest BCUT2D eigenvalue weighted by atomic mass is 10.4. The molecular weight excluding hydrogens is 304 g/mol. The van der Waals surface area contributed by atoms with Gasteiger partial charge in [0.15, 0.2) is 5.69 Å². The average molecular weight is 320 g/mol. The van der Waals surface area contributed by atoms with Crippen molar-refractivity contribution in [3.8, 4) is 0 Å². The molecule has 0 spiro atoms. The molecule has 0 bridgehead atoms. The lowest BCUT2D eigenvalue weighted by Gasteiger charge is -2.05. The summed E-state index contributed by atoms with van der Waals surface area (Å²) in [4.78, 5) is 29.7. The van der Waals surface area contributed by atoms with Crippen LogP contribution in [0.4, 0.5) is 11.5 Å². The Labute approximate surface area is 131 Å². The minimum absolute atomic E-state index is 0.0766. The van der Waals surface area contributed by atoms with Crippen LogP contribution in [-0.2, 0) is 6.54 Å². The Morgan fingerprint density at radius 3 is 2.87 bits per heavy atom. The van der Waals surface area contributed by atoms with Crippen molar-refractivity contribution in [1.82, 2.24) is 20.6 Å². The largest absolute Gasteiger partial charge is 0.447 e. The van der Waals surface area contributed by atoms with E-state index in [2.05, 4.69) is 25.9 Å². The zero-order valence-electron chi connectivity index (χ0n) is 12.4. The van der Waals surface area contributed by atoms with Gasteiger partial charge in [-0.3, -0.25) is 14.9 Å². The van der Waals surface area contributed by atoms with E-state index in [1.807, 2.05) is 0 Å². The number of nitrogens with zero attached hydrogens (tertiary/aromatic N) is 3. The Kier molecular flexibility index (Phi) is 5.58. The van der Waals surface area contributed by atoms with Crippen LogP contribution in [0.1, 0.15) is 16.4 Å². The predicted octanol–water partition coefficient (Wildman–Crippen LogP) is 0.539. The molecule has 2 heterocycles. The molecule has 2 aromatic rings. The van der Waals surface area contributed by atoms with Gasteiger partial charge in [0.2, 0.25) is 5.89 Å². The quantitative estimate of drug-likeness (QED) is 0.364. The number of anilines is 1. The average Bonchev–Trinajstić information content (AvgIpc) is 3.01. The third-order valence-electron chi connectivity index (χ3n) is 2.79. The van der Waals surface area contributed by atoms with Crippen LogP contribution in [0, 0.1) is 10.1 Å². The standard InChI is InChI=1S/C13H16N6O4/c1-14-7-12-18-10(8-23-12)13(20)16-5-4-15-11-3-2-9(6-17-11)19(21)22/h2-3,6,8,14H,4-5,7H2,1H3,(H,15,17)(H,16,20). The topological polar surface area (TPSA) is 135 Å². The zero-order chi connectivity index (χ0) is 16.7. The summed E-state index contributed by atoms with van der Waals surface area (Å²) in [7, 11) is 1.75. The van der Waals surface area contributed by atoms with Crippen LogP contribution in [0.2, 0.25) is 0 Å². The highest BCUT2D eigenvalue weighted by atomic mass is 16.6. The van der Waals surface area contributed by atoms with E-state index < -0.39 is 4.92 Å². The summed E-state index contributed by atoms with van der Waals surface area (Å²) in [6, 6.07) is 2.86. The number of rotatable bonds is 8. The number of amides is 1. The summed E-state index contributed by atoms with van der Waals surface area (Å²) >= 11 is 0. The van der Waals surface area contributed by atoms with Gasteiger partial charge in [0.25, 0.3) is 11.6 Å². The molecule has 0 atom stereocenters. The van der Waals surface area contributed by atoms with E-state index in [0.717, 1.165) is 0 Å². The van der Waals surface area contributed by atoms with Gasteiger partial charge in [-0.05, 0) is 13.1 Å². The second kappa shape index (κ2) is 7.84. The summed E-state index contributed by atoms with van der Waals surface area (Å²) in [5, 5.41) is 19.0. The number of aromatic nitrogens is 2. The first-order chi connectivity index (χ1) is 11.1. The first-order valence-corrected chi connectivity index (χ1v) is 6.81. The van der Waals surface area contributed by atoms with E-state index in [-0.39, 0.29) is 17.3 Å². The molecule has 3 N–H and O–H groups in total. The lowest BCUT2D eigenvalue weighted by molar-refractivity contribution is -0.385. The summed E-state index contributed by atoms with van der Waals surface area (Å²) in [5.74, 6) is 0.586. The van der Waals surface area contributed by atoms with Crippen molar-refractivity contribution in [3.05, 3.63) is 46.3 Å². The van der Waals surface area contributed by atoms with Crippen molar-refractivity contribution in [2.75, 3.05) is 25.5 Å². The second-order valence-corrected chi connectivity index (χ2v) is 4.50. The van der Waals surface area contributed by atoms with Crippen molar-refractivity contribution >= 4 is 17.4 Å². The van der Waals surface area contributed by atoms with Gasteiger partial charge in [0.1, 0.15) is 18.3 Å². The van der Waals surface area contributed by atoms with E-state index in [1.165, 1.54) is 24.6 Å². The summed E-state index contributed by atoms with van der Waals surface area (Å²) < 4.78 is 5.12. The maximum atomic E-state index is 11.8. The highest BCUT2D eigenvalue weighted by molar-refractivity contribution is 5.91. The number of oxazole rings is 1. The number of pyridine rings is 1. The third-order valence-corrected chi connectivity index (χ3v) is 2.79. The van der Waals surface area contributed by atoms with Crippen molar-refractivity contribution in [2.24, 2.45) is 0 Å². The molecule has 10 nitrogen and oxygen atoms in total. The monoisotopic (exact) mass is 320 g/mol. The van der Waals surface area contributed by atoms with Crippen molar-refractivity contribution in [2.45, 2.75) is 6.54 Å². The molecule has 0 aliphatic carbocycles. The summed E-state index contributed by atoms with van der Waals surface area (Å²) in [6.45, 7) is 1.20. The van der Waals surface area contributed by atoms with Gasteiger partial charge in [-0.1, -0.05) is 0 Å². The van der Waals surface area contributed by atoms with E-state index in [0.29, 0.717) is 31.3 Å². The van der Waals surface area contributed by atoms with Crippen LogP contribution in [-0.4, -0.2) is 40.9 Å². The second-order valence-electron chi connectivity index (χ2n) is 4.50. The molecule has 0 saturated carbocycles. The van der Waals surface area contributed by atoms with Gasteiger partial charge >= 0.3 is 0 Å². The fraction of sp³-hybridized carbons (Fsp3) is 0.308. The molecule has 10 heteroatoms. The van der Waals surface area contributed by atoms with Crippen LogP contribution in [0.3, 0.4) is 0 Å². The van der Waals surface area contributed by atoms with E-state index >= 15 is 0 Å². The van der Waals surface area contributed by atoms with Gasteiger partial charge in [-0.2, -0.15) is 0 Å². The molecule has 23 heavy (non-hydrogen) atoms. The molecule has 0 aliphatic rings. The number of hydrogen-bond acceptors (Lipinski definition) is 8. The predicted molar refractivity (Wildman–Crippen MR) is 81.0 cm³/mol. The smallest absolute Gasteiger partial charge is 0.287 e. The Morgan fingerprint density at radius 2 is 2.22 bits per heavy atom. The van der Waals surface area contributed by atoms with E-state index in [1.54, 1.807) is 7.05 Å². The first-order valence-electron chi connectivity index (χ1n) is 6.81. The molecule has 0 radical (unpaired) electrons. The Morgan fingerprint density at radius 1 is 1.39 bits per heavy atom. The normalized spacial score (nSPS) is 10.3. The molecular formula is C13H16N6O4. The highest BCUT2D eigenvalue weighted by Crippen LogP contribution is 2.11. The van der Waals surface area contributed by atoms with Crippen LogP contribution in [0.5, 0.6) is 0 Å². The highest BCUT2D eigenvalue weighted by Gasteiger charge is 2.11. The fourth-order valence-corrected chi connectivity index (χ4v) is 1.70. The molecule has 2 aromatic heterocycles. The van der Waals surface area contributed by atoms with E-state index in [4.69, 9.17) is 4.42 Å². The molecule has 0 unspecified atom stereocenters. The SMILES string of the molecule is CNCc1nc(C(=O)NCCNc2ccc([N+](=O)[O-])cn2)co1. The van der Waals surface area contributed by atoms with Crippen LogP contribution < -0.4 is 16.0 Å². The number of carbonyl (C=O) groups excluding carboxylic acids is 1. The number of nitrogens with one attached hydrogen (secondary N) is 3. The molecule has 1 amide bonds. The fourth-order valence-electron chi connectivity index (χ4n) is 1.70. The molecule has 122 valence electrons. The Balaban J connectivity index is 1.73. The van der Waals surface area contributed by atoms with E-state index in [9.17, 15) is 14.9 Å². The van der Waals surface area contributed by atoms with Crippen molar-refractivity contribution in [1.29, 1.82) is 0 Å². The van der Waals surface area contributed by atoms with Gasteiger partial charge in [-0.15, -0.1) is 0 Å². The number of carbonyl (C=O) groups is 1. The minimum atomic E-state index is -0.517. The number of nitro groups is 1. The molecule has 0 aromatic carbocycles. The maximum Gasteiger partial charge on any atom is 0.287 e. The third kappa shape index (κ3) is 4.74. The maximum absolute atomic E-state index is 11.8. The zero-order valence-corrected chi connectivity index (χ0v) is 12.4. The number of hydrogen-bond donors (Lipinski definition) is 3. The Bertz CT molecular complexity index is 669. The summed E-state index contributed by atoms with van der Waals surface area (Å²) in [6.07, 6.45) is 2.47. The summed E-state index contributed by atoms with van der Waals surface area (Å²) in [5.41, 5.74) is 0.135. The first kappa shape index (κ1) is 16.4. The Hall–Kier alpha value is -3.01. The van der Waals surface area contributed by atoms with Crippen molar-refractivity contribution in [3.63, 3.8) is 0 Å². The van der Waals surface area contributed by atoms with Gasteiger partial charge < -0.3 is 20.4 Å². The van der Waals surface area contributed by atoms with Gasteiger partial charge in [-0.25, -0.2) is 9.97 Å². The van der Waals surface area contributed by atoms with Crippen molar-refractivity contribution < 1.29 is 14.1 Å². The van der Waals surface area contributed by atoms with Crippen LogP contribution in [0.15, 0.2) is 29.0 Å². The molecule has 0 saturated heterocycles.